The first kappa shape index (κ1) is 17.5. The summed E-state index contributed by atoms with van der Waals surface area (Å²) >= 11 is 0. The minimum absolute atomic E-state index is 0.0128. The molecule has 5 nitrogen and oxygen atoms in total. The second kappa shape index (κ2) is 6.88. The first-order valence-electron chi connectivity index (χ1n) is 8.35. The van der Waals surface area contributed by atoms with E-state index in [2.05, 4.69) is 10.0 Å². The first-order valence-corrected chi connectivity index (χ1v) is 10.0. The Morgan fingerprint density at radius 3 is 2.52 bits per heavy atom. The molecular formula is C19H22N2O3S. The lowest BCUT2D eigenvalue weighted by molar-refractivity contribution is -0.117. The summed E-state index contributed by atoms with van der Waals surface area (Å²) in [7, 11) is -3.46. The van der Waals surface area contributed by atoms with Gasteiger partial charge in [0.1, 0.15) is 0 Å². The van der Waals surface area contributed by atoms with Gasteiger partial charge in [0.05, 0.1) is 11.7 Å². The summed E-state index contributed by atoms with van der Waals surface area (Å²) < 4.78 is 27.3. The van der Waals surface area contributed by atoms with E-state index >= 15 is 0 Å². The van der Waals surface area contributed by atoms with Crippen molar-refractivity contribution in [3.05, 3.63) is 59.7 Å². The molecule has 0 aromatic heterocycles. The van der Waals surface area contributed by atoms with Gasteiger partial charge in [-0.25, -0.2) is 8.42 Å². The van der Waals surface area contributed by atoms with E-state index in [1.807, 2.05) is 44.2 Å². The van der Waals surface area contributed by atoms with Crippen LogP contribution in [0.2, 0.25) is 0 Å². The Labute approximate surface area is 148 Å². The maximum Gasteiger partial charge on any atom is 0.233 e. The van der Waals surface area contributed by atoms with Gasteiger partial charge in [-0.15, -0.1) is 0 Å². The molecule has 0 saturated carbocycles. The van der Waals surface area contributed by atoms with Crippen molar-refractivity contribution in [2.45, 2.75) is 26.2 Å². The van der Waals surface area contributed by atoms with Gasteiger partial charge in [-0.1, -0.05) is 44.2 Å². The van der Waals surface area contributed by atoms with E-state index in [0.29, 0.717) is 12.1 Å². The summed E-state index contributed by atoms with van der Waals surface area (Å²) in [4.78, 5) is 12.1. The van der Waals surface area contributed by atoms with Crippen LogP contribution in [0.15, 0.2) is 48.5 Å². The number of nitrogens with one attached hydrogen (secondary N) is 2. The highest BCUT2D eigenvalue weighted by atomic mass is 32.2. The van der Waals surface area contributed by atoms with Crippen LogP contribution in [0.1, 0.15) is 30.9 Å². The molecule has 0 bridgehead atoms. The topological polar surface area (TPSA) is 75.3 Å². The SMILES string of the molecule is CC(C)C1C(=O)Nc2ccc(NS(=O)(=O)CCc3ccccc3)cc21. The van der Waals surface area contributed by atoms with Crippen molar-refractivity contribution in [1.29, 1.82) is 0 Å². The molecule has 0 fully saturated rings. The molecule has 1 unspecified atom stereocenters. The zero-order valence-corrected chi connectivity index (χ0v) is 15.1. The van der Waals surface area contributed by atoms with Crippen LogP contribution in [0, 0.1) is 5.92 Å². The smallest absolute Gasteiger partial charge is 0.233 e. The van der Waals surface area contributed by atoms with E-state index in [4.69, 9.17) is 0 Å². The predicted octanol–water partition coefficient (Wildman–Crippen LogP) is 3.36. The van der Waals surface area contributed by atoms with E-state index in [1.165, 1.54) is 0 Å². The lowest BCUT2D eigenvalue weighted by Gasteiger charge is -2.14. The Morgan fingerprint density at radius 1 is 1.12 bits per heavy atom. The number of benzene rings is 2. The molecule has 3 rings (SSSR count). The van der Waals surface area contributed by atoms with E-state index < -0.39 is 10.0 Å². The second-order valence-electron chi connectivity index (χ2n) is 6.67. The van der Waals surface area contributed by atoms with Gasteiger partial charge in [0.15, 0.2) is 0 Å². The standard InChI is InChI=1S/C19H22N2O3S/c1-13(2)18-16-12-15(8-9-17(16)20-19(18)22)21-25(23,24)11-10-14-6-4-3-5-7-14/h3-9,12-13,18,21H,10-11H2,1-2H3,(H,20,22). The van der Waals surface area contributed by atoms with Crippen molar-refractivity contribution in [3.63, 3.8) is 0 Å². The van der Waals surface area contributed by atoms with Crippen molar-refractivity contribution in [2.75, 3.05) is 15.8 Å². The summed E-state index contributed by atoms with van der Waals surface area (Å²) in [5.41, 5.74) is 3.09. The number of carbonyl (C=O) groups excluding carboxylic acids is 1. The lowest BCUT2D eigenvalue weighted by atomic mass is 9.89. The van der Waals surface area contributed by atoms with E-state index in [9.17, 15) is 13.2 Å². The number of rotatable bonds is 6. The Balaban J connectivity index is 1.74. The molecule has 1 aliphatic rings. The third-order valence-electron chi connectivity index (χ3n) is 4.37. The number of sulfonamides is 1. The van der Waals surface area contributed by atoms with E-state index in [-0.39, 0.29) is 23.5 Å². The van der Waals surface area contributed by atoms with Crippen molar-refractivity contribution in [2.24, 2.45) is 5.92 Å². The Hall–Kier alpha value is -2.34. The molecule has 1 aliphatic heterocycles. The second-order valence-corrected chi connectivity index (χ2v) is 8.51. The van der Waals surface area contributed by atoms with Crippen molar-refractivity contribution < 1.29 is 13.2 Å². The molecule has 2 aromatic rings. The molecule has 132 valence electrons. The van der Waals surface area contributed by atoms with Gasteiger partial charge in [-0.2, -0.15) is 0 Å². The molecule has 0 aliphatic carbocycles. The number of hydrogen-bond donors (Lipinski definition) is 2. The van der Waals surface area contributed by atoms with Gasteiger partial charge in [-0.05, 0) is 41.7 Å². The van der Waals surface area contributed by atoms with Gasteiger partial charge >= 0.3 is 0 Å². The van der Waals surface area contributed by atoms with E-state index in [1.54, 1.807) is 18.2 Å². The molecule has 1 amide bonds. The average molecular weight is 358 g/mol. The quantitative estimate of drug-likeness (QED) is 0.831. The zero-order chi connectivity index (χ0) is 18.0. The lowest BCUT2D eigenvalue weighted by Crippen LogP contribution is -2.18. The van der Waals surface area contributed by atoms with Gasteiger partial charge in [0.2, 0.25) is 15.9 Å². The molecule has 1 heterocycles. The largest absolute Gasteiger partial charge is 0.325 e. The highest BCUT2D eigenvalue weighted by molar-refractivity contribution is 7.92. The molecular weight excluding hydrogens is 336 g/mol. The predicted molar refractivity (Wildman–Crippen MR) is 100 cm³/mol. The number of anilines is 2. The van der Waals surface area contributed by atoms with Gasteiger partial charge in [-0.3, -0.25) is 9.52 Å². The summed E-state index contributed by atoms with van der Waals surface area (Å²) in [5, 5.41) is 2.85. The van der Waals surface area contributed by atoms with Gasteiger partial charge < -0.3 is 5.32 Å². The molecule has 1 atom stereocenters. The fourth-order valence-corrected chi connectivity index (χ4v) is 4.23. The van der Waals surface area contributed by atoms with Gasteiger partial charge in [0.25, 0.3) is 0 Å². The van der Waals surface area contributed by atoms with Crippen LogP contribution in [0.4, 0.5) is 11.4 Å². The van der Waals surface area contributed by atoms with Crippen LogP contribution in [0.25, 0.3) is 0 Å². The summed E-state index contributed by atoms with van der Waals surface area (Å²) in [6, 6.07) is 14.7. The third kappa shape index (κ3) is 4.02. The van der Waals surface area contributed by atoms with Crippen molar-refractivity contribution in [3.8, 4) is 0 Å². The minimum atomic E-state index is -3.46. The van der Waals surface area contributed by atoms with Crippen LogP contribution in [-0.2, 0) is 21.2 Å². The van der Waals surface area contributed by atoms with Gasteiger partial charge in [0, 0.05) is 11.4 Å². The number of hydrogen-bond acceptors (Lipinski definition) is 3. The van der Waals surface area contributed by atoms with Crippen molar-refractivity contribution in [1.82, 2.24) is 0 Å². The Bertz CT molecular complexity index is 877. The molecule has 0 spiro atoms. The maximum atomic E-state index is 12.4. The summed E-state index contributed by atoms with van der Waals surface area (Å²) in [6.45, 7) is 3.96. The normalized spacial score (nSPS) is 16.6. The minimum Gasteiger partial charge on any atom is -0.325 e. The molecule has 0 saturated heterocycles. The molecule has 25 heavy (non-hydrogen) atoms. The number of aryl methyl sites for hydroxylation is 1. The fourth-order valence-electron chi connectivity index (χ4n) is 3.14. The summed E-state index contributed by atoms with van der Waals surface area (Å²) in [5.74, 6) is -0.122. The number of carbonyl (C=O) groups is 1. The number of fused-ring (bicyclic) bond motifs is 1. The zero-order valence-electron chi connectivity index (χ0n) is 14.3. The molecule has 2 N–H and O–H groups in total. The van der Waals surface area contributed by atoms with Crippen LogP contribution in [-0.4, -0.2) is 20.1 Å². The maximum absolute atomic E-state index is 12.4. The highest BCUT2D eigenvalue weighted by Gasteiger charge is 2.33. The fraction of sp³-hybridized carbons (Fsp3) is 0.316. The highest BCUT2D eigenvalue weighted by Crippen LogP contribution is 2.38. The van der Waals surface area contributed by atoms with Crippen LogP contribution < -0.4 is 10.0 Å². The molecule has 6 heteroatoms. The average Bonchev–Trinajstić information content (AvgIpc) is 2.89. The third-order valence-corrected chi connectivity index (χ3v) is 5.66. The first-order chi connectivity index (χ1) is 11.9. The monoisotopic (exact) mass is 358 g/mol. The number of amides is 1. The van der Waals surface area contributed by atoms with E-state index in [0.717, 1.165) is 16.8 Å². The molecule has 2 aromatic carbocycles. The van der Waals surface area contributed by atoms with Crippen LogP contribution in [0.5, 0.6) is 0 Å². The summed E-state index contributed by atoms with van der Waals surface area (Å²) in [6.07, 6.45) is 0.454. The van der Waals surface area contributed by atoms with Crippen LogP contribution >= 0.6 is 0 Å². The van der Waals surface area contributed by atoms with Crippen molar-refractivity contribution >= 4 is 27.3 Å². The Kier molecular flexibility index (Phi) is 4.81. The van der Waals surface area contributed by atoms with Crippen LogP contribution in [0.3, 0.4) is 0 Å². The molecule has 0 radical (unpaired) electrons. The Morgan fingerprint density at radius 2 is 1.84 bits per heavy atom.